The van der Waals surface area contributed by atoms with Gasteiger partial charge in [-0.25, -0.2) is 0 Å². The van der Waals surface area contributed by atoms with Crippen molar-refractivity contribution in [2.75, 3.05) is 26.5 Å². The van der Waals surface area contributed by atoms with E-state index in [9.17, 15) is 9.59 Å². The number of nitrogens with one attached hydrogen (secondary N) is 2. The summed E-state index contributed by atoms with van der Waals surface area (Å²) in [4.78, 5) is 25.4. The van der Waals surface area contributed by atoms with Crippen molar-refractivity contribution in [3.63, 3.8) is 0 Å². The first kappa shape index (κ1) is 22.1. The van der Waals surface area contributed by atoms with Gasteiger partial charge in [-0.3, -0.25) is 9.59 Å². The number of nitrogen functional groups attached to an aromatic ring is 1. The summed E-state index contributed by atoms with van der Waals surface area (Å²) in [7, 11) is 3.03. The summed E-state index contributed by atoms with van der Waals surface area (Å²) in [5.41, 5.74) is 7.82. The molecule has 2 aromatic rings. The lowest BCUT2D eigenvalue weighted by Crippen LogP contribution is -2.50. The summed E-state index contributed by atoms with van der Waals surface area (Å²) >= 11 is 0. The third kappa shape index (κ3) is 6.41. The number of nitrogens with two attached hydrogens (primary N) is 1. The third-order valence-electron chi connectivity index (χ3n) is 4.54. The van der Waals surface area contributed by atoms with Gasteiger partial charge in [0.25, 0.3) is 5.91 Å². The minimum Gasteiger partial charge on any atom is -0.497 e. The Balaban J connectivity index is 2.00. The molecule has 2 amide bonds. The molecule has 156 valence electrons. The van der Waals surface area contributed by atoms with Gasteiger partial charge in [-0.15, -0.1) is 0 Å². The molecule has 2 aromatic carbocycles. The maximum atomic E-state index is 12.7. The highest BCUT2D eigenvalue weighted by Gasteiger charge is 2.25. The van der Waals surface area contributed by atoms with Crippen LogP contribution in [0.15, 0.2) is 42.5 Å². The minimum atomic E-state index is -0.661. The molecule has 0 bridgehead atoms. The Labute approximate surface area is 171 Å². The van der Waals surface area contributed by atoms with E-state index in [0.717, 1.165) is 5.56 Å². The Morgan fingerprint density at radius 3 is 2.10 bits per heavy atom. The normalized spacial score (nSPS) is 11.6. The molecule has 1 unspecified atom stereocenters. The first-order valence-electron chi connectivity index (χ1n) is 9.50. The van der Waals surface area contributed by atoms with Gasteiger partial charge in [0.1, 0.15) is 17.5 Å². The average Bonchev–Trinajstić information content (AvgIpc) is 2.72. The van der Waals surface area contributed by atoms with E-state index in [1.165, 1.54) is 14.2 Å². The van der Waals surface area contributed by atoms with Crippen molar-refractivity contribution < 1.29 is 19.1 Å². The van der Waals surface area contributed by atoms with Crippen LogP contribution in [0.4, 0.5) is 5.69 Å². The van der Waals surface area contributed by atoms with Gasteiger partial charge in [-0.2, -0.15) is 0 Å². The van der Waals surface area contributed by atoms with E-state index in [4.69, 9.17) is 15.2 Å². The van der Waals surface area contributed by atoms with Gasteiger partial charge < -0.3 is 25.8 Å². The third-order valence-corrected chi connectivity index (χ3v) is 4.54. The van der Waals surface area contributed by atoms with Gasteiger partial charge in [-0.05, 0) is 42.2 Å². The van der Waals surface area contributed by atoms with Crippen molar-refractivity contribution in [1.82, 2.24) is 10.6 Å². The number of methoxy groups -OCH3 is 2. The lowest BCUT2D eigenvalue weighted by molar-refractivity contribution is -0.123. The van der Waals surface area contributed by atoms with Crippen LogP contribution in [0.1, 0.15) is 29.8 Å². The summed E-state index contributed by atoms with van der Waals surface area (Å²) < 4.78 is 10.4. The number of carbonyl (C=O) groups excluding carboxylic acids is 2. The number of rotatable bonds is 9. The molecule has 0 aliphatic carbocycles. The summed E-state index contributed by atoms with van der Waals surface area (Å²) in [5.74, 6) is 0.336. The molecule has 0 aromatic heterocycles. The molecule has 0 aliphatic heterocycles. The average molecular weight is 399 g/mol. The molecule has 0 aliphatic rings. The number of carbonyl (C=O) groups is 2. The second-order valence-corrected chi connectivity index (χ2v) is 7.08. The van der Waals surface area contributed by atoms with Crippen molar-refractivity contribution in [1.29, 1.82) is 0 Å². The van der Waals surface area contributed by atoms with Crippen molar-refractivity contribution in [3.8, 4) is 11.5 Å². The fourth-order valence-corrected chi connectivity index (χ4v) is 2.82. The molecule has 0 spiro atoms. The fraction of sp³-hybridized carbons (Fsp3) is 0.364. The van der Waals surface area contributed by atoms with Gasteiger partial charge >= 0.3 is 0 Å². The monoisotopic (exact) mass is 399 g/mol. The highest BCUT2D eigenvalue weighted by Crippen LogP contribution is 2.22. The van der Waals surface area contributed by atoms with Crippen molar-refractivity contribution in [3.05, 3.63) is 53.6 Å². The SMILES string of the molecule is COc1cc(OC)cc(C(=O)NC(C(=O)NCCc2ccc(N)cc2)C(C)C)c1. The molecule has 0 heterocycles. The molecule has 0 fully saturated rings. The van der Waals surface area contributed by atoms with E-state index in [0.29, 0.717) is 35.7 Å². The molecule has 7 heteroatoms. The summed E-state index contributed by atoms with van der Waals surface area (Å²) in [5, 5.41) is 5.71. The fourth-order valence-electron chi connectivity index (χ4n) is 2.82. The highest BCUT2D eigenvalue weighted by molar-refractivity contribution is 5.98. The van der Waals surface area contributed by atoms with E-state index in [1.807, 2.05) is 38.1 Å². The van der Waals surface area contributed by atoms with E-state index >= 15 is 0 Å². The van der Waals surface area contributed by atoms with Gasteiger partial charge in [0.2, 0.25) is 5.91 Å². The molecule has 29 heavy (non-hydrogen) atoms. The molecule has 0 saturated carbocycles. The molecule has 4 N–H and O–H groups in total. The number of amides is 2. The smallest absolute Gasteiger partial charge is 0.252 e. The second-order valence-electron chi connectivity index (χ2n) is 7.08. The van der Waals surface area contributed by atoms with Crippen molar-refractivity contribution in [2.45, 2.75) is 26.3 Å². The predicted molar refractivity (Wildman–Crippen MR) is 113 cm³/mol. The standard InChI is InChI=1S/C22H29N3O4/c1-14(2)20(22(27)24-10-9-15-5-7-17(23)8-6-15)25-21(26)16-11-18(28-3)13-19(12-16)29-4/h5-8,11-14,20H,9-10,23H2,1-4H3,(H,24,27)(H,25,26). The van der Waals surface area contributed by atoms with Crippen LogP contribution in [0.25, 0.3) is 0 Å². The first-order valence-corrected chi connectivity index (χ1v) is 9.50. The van der Waals surface area contributed by atoms with Crippen LogP contribution in [0.3, 0.4) is 0 Å². The predicted octanol–water partition coefficient (Wildman–Crippen LogP) is 2.40. The molecule has 0 saturated heterocycles. The van der Waals surface area contributed by atoms with Crippen molar-refractivity contribution in [2.24, 2.45) is 5.92 Å². The van der Waals surface area contributed by atoms with E-state index in [2.05, 4.69) is 10.6 Å². The molecule has 2 rings (SSSR count). The number of ether oxygens (including phenoxy) is 2. The Morgan fingerprint density at radius 1 is 1.00 bits per heavy atom. The number of benzene rings is 2. The molecular weight excluding hydrogens is 370 g/mol. The van der Waals surface area contributed by atoms with E-state index in [1.54, 1.807) is 18.2 Å². The largest absolute Gasteiger partial charge is 0.497 e. The van der Waals surface area contributed by atoms with Crippen LogP contribution in [0, 0.1) is 5.92 Å². The zero-order valence-electron chi connectivity index (χ0n) is 17.3. The van der Waals surface area contributed by atoms with Crippen LogP contribution in [0.5, 0.6) is 11.5 Å². The lowest BCUT2D eigenvalue weighted by Gasteiger charge is -2.22. The van der Waals surface area contributed by atoms with Crippen LogP contribution in [0.2, 0.25) is 0 Å². The van der Waals surface area contributed by atoms with Crippen LogP contribution in [-0.2, 0) is 11.2 Å². The summed E-state index contributed by atoms with van der Waals surface area (Å²) in [6.07, 6.45) is 0.678. The number of hydrogen-bond acceptors (Lipinski definition) is 5. The topological polar surface area (TPSA) is 103 Å². The summed E-state index contributed by atoms with van der Waals surface area (Å²) in [6, 6.07) is 11.8. The Hall–Kier alpha value is -3.22. The first-order chi connectivity index (χ1) is 13.8. The second kappa shape index (κ2) is 10.4. The highest BCUT2D eigenvalue weighted by atomic mass is 16.5. The Bertz CT molecular complexity index is 812. The van der Waals surface area contributed by atoms with Gasteiger partial charge in [0, 0.05) is 23.9 Å². The Kier molecular flexibility index (Phi) is 7.88. The Morgan fingerprint density at radius 2 is 1.59 bits per heavy atom. The van der Waals surface area contributed by atoms with Gasteiger partial charge in [0.05, 0.1) is 14.2 Å². The molecular formula is C22H29N3O4. The molecule has 7 nitrogen and oxygen atoms in total. The zero-order valence-corrected chi connectivity index (χ0v) is 17.3. The van der Waals surface area contributed by atoms with Gasteiger partial charge in [-0.1, -0.05) is 26.0 Å². The van der Waals surface area contributed by atoms with E-state index in [-0.39, 0.29) is 17.7 Å². The number of hydrogen-bond donors (Lipinski definition) is 3. The quantitative estimate of drug-likeness (QED) is 0.562. The van der Waals surface area contributed by atoms with E-state index < -0.39 is 6.04 Å². The lowest BCUT2D eigenvalue weighted by atomic mass is 10.0. The maximum Gasteiger partial charge on any atom is 0.252 e. The minimum absolute atomic E-state index is 0.0806. The zero-order chi connectivity index (χ0) is 21.4. The van der Waals surface area contributed by atoms with Crippen LogP contribution < -0.4 is 25.8 Å². The van der Waals surface area contributed by atoms with Crippen LogP contribution in [-0.4, -0.2) is 38.6 Å². The summed E-state index contributed by atoms with van der Waals surface area (Å²) in [6.45, 7) is 4.24. The number of anilines is 1. The molecule has 0 radical (unpaired) electrons. The van der Waals surface area contributed by atoms with Crippen molar-refractivity contribution >= 4 is 17.5 Å². The van der Waals surface area contributed by atoms with Crippen LogP contribution >= 0.6 is 0 Å². The molecule has 1 atom stereocenters. The van der Waals surface area contributed by atoms with Gasteiger partial charge in [0.15, 0.2) is 0 Å². The maximum absolute atomic E-state index is 12.7.